The van der Waals surface area contributed by atoms with Crippen molar-refractivity contribution in [3.8, 4) is 22.3 Å². The first-order valence-electron chi connectivity index (χ1n) is 12.5. The molecule has 1 heterocycles. The molecule has 0 bridgehead atoms. The minimum atomic E-state index is -0.337. The van der Waals surface area contributed by atoms with Crippen LogP contribution in [0, 0.1) is 0 Å². The lowest BCUT2D eigenvalue weighted by Crippen LogP contribution is -2.41. The van der Waals surface area contributed by atoms with Gasteiger partial charge in [0.2, 0.25) is 0 Å². The van der Waals surface area contributed by atoms with Gasteiger partial charge in [-0.3, -0.25) is 0 Å². The summed E-state index contributed by atoms with van der Waals surface area (Å²) in [5.74, 6) is 0. The van der Waals surface area contributed by atoms with Crippen molar-refractivity contribution in [2.75, 3.05) is 0 Å². The summed E-state index contributed by atoms with van der Waals surface area (Å²) >= 11 is 0. The van der Waals surface area contributed by atoms with Gasteiger partial charge in [0.05, 0.1) is 11.2 Å². The monoisotopic (exact) mass is 436 g/mol. The molecule has 3 heteroatoms. The van der Waals surface area contributed by atoms with E-state index in [1.165, 1.54) is 59.9 Å². The molecule has 2 fully saturated rings. The highest BCUT2D eigenvalue weighted by Gasteiger charge is 2.51. The van der Waals surface area contributed by atoms with Gasteiger partial charge >= 0.3 is 7.12 Å². The van der Waals surface area contributed by atoms with E-state index >= 15 is 0 Å². The first-order chi connectivity index (χ1) is 15.8. The zero-order chi connectivity index (χ0) is 22.8. The van der Waals surface area contributed by atoms with Crippen molar-refractivity contribution in [2.45, 2.75) is 76.4 Å². The van der Waals surface area contributed by atoms with E-state index < -0.39 is 0 Å². The second-order valence-electron chi connectivity index (χ2n) is 11.2. The topological polar surface area (TPSA) is 18.5 Å². The molecule has 1 spiro atoms. The van der Waals surface area contributed by atoms with Crippen molar-refractivity contribution in [3.63, 3.8) is 0 Å². The number of rotatable bonds is 2. The lowest BCUT2D eigenvalue weighted by atomic mass is 9.68. The molecule has 1 aliphatic heterocycles. The Balaban J connectivity index is 1.40. The highest BCUT2D eigenvalue weighted by atomic mass is 16.7. The van der Waals surface area contributed by atoms with Gasteiger partial charge in [-0.15, -0.1) is 0 Å². The van der Waals surface area contributed by atoms with Gasteiger partial charge < -0.3 is 9.31 Å². The molecule has 3 aliphatic rings. The predicted molar refractivity (Wildman–Crippen MR) is 137 cm³/mol. The maximum absolute atomic E-state index is 6.31. The van der Waals surface area contributed by atoms with Gasteiger partial charge in [0.25, 0.3) is 0 Å². The van der Waals surface area contributed by atoms with E-state index in [0.29, 0.717) is 0 Å². The summed E-state index contributed by atoms with van der Waals surface area (Å²) < 4.78 is 12.6. The third-order valence-electron chi connectivity index (χ3n) is 8.72. The summed E-state index contributed by atoms with van der Waals surface area (Å²) in [4.78, 5) is 0. The van der Waals surface area contributed by atoms with Crippen molar-refractivity contribution in [2.24, 2.45) is 0 Å². The molecule has 0 aromatic heterocycles. The van der Waals surface area contributed by atoms with Gasteiger partial charge in [0.1, 0.15) is 0 Å². The molecule has 3 aromatic carbocycles. The van der Waals surface area contributed by atoms with Crippen molar-refractivity contribution in [1.82, 2.24) is 0 Å². The van der Waals surface area contributed by atoms with Crippen molar-refractivity contribution >= 4 is 12.6 Å². The van der Waals surface area contributed by atoms with Crippen molar-refractivity contribution in [1.29, 1.82) is 0 Å². The first-order valence-corrected chi connectivity index (χ1v) is 12.5. The number of benzene rings is 3. The molecule has 0 unspecified atom stereocenters. The number of hydrogen-bond acceptors (Lipinski definition) is 2. The van der Waals surface area contributed by atoms with Gasteiger partial charge in [0.15, 0.2) is 0 Å². The second-order valence-corrected chi connectivity index (χ2v) is 11.2. The Morgan fingerprint density at radius 1 is 0.636 bits per heavy atom. The Kier molecular flexibility index (Phi) is 4.70. The van der Waals surface area contributed by atoms with Gasteiger partial charge in [-0.25, -0.2) is 0 Å². The summed E-state index contributed by atoms with van der Waals surface area (Å²) in [6.07, 6.45) is 6.56. The zero-order valence-corrected chi connectivity index (χ0v) is 20.3. The largest absolute Gasteiger partial charge is 0.494 e. The van der Waals surface area contributed by atoms with Gasteiger partial charge in [0, 0.05) is 5.41 Å². The molecule has 0 amide bonds. The van der Waals surface area contributed by atoms with Gasteiger partial charge in [-0.1, -0.05) is 79.9 Å². The van der Waals surface area contributed by atoms with Gasteiger partial charge in [-0.2, -0.15) is 0 Å². The quantitative estimate of drug-likeness (QED) is 0.408. The third kappa shape index (κ3) is 3.16. The van der Waals surface area contributed by atoms with Crippen LogP contribution >= 0.6 is 0 Å². The van der Waals surface area contributed by atoms with E-state index in [2.05, 4.69) is 94.4 Å². The molecule has 0 atom stereocenters. The first kappa shape index (κ1) is 21.2. The molecule has 1 saturated heterocycles. The fourth-order valence-electron chi connectivity index (χ4n) is 6.18. The van der Waals surface area contributed by atoms with Crippen molar-refractivity contribution in [3.05, 3.63) is 77.9 Å². The minimum absolute atomic E-state index is 0.216. The standard InChI is InChI=1S/C30H33BO2/c1-28(2)29(3,4)33-31(32-28)23-12-10-11-21(19-23)22-15-16-27-25(20-22)24-13-6-7-14-26(24)30(27)17-8-5-9-18-30/h6-7,10-16,19-20H,5,8-9,17-18H2,1-4H3. The average molecular weight is 436 g/mol. The second kappa shape index (κ2) is 7.32. The van der Waals surface area contributed by atoms with Gasteiger partial charge in [-0.05, 0) is 85.4 Å². The molecule has 0 radical (unpaired) electrons. The SMILES string of the molecule is CC1(C)OB(c2cccc(-c3ccc4c(c3)-c3ccccc3C43CCCCC3)c2)OC1(C)C. The highest BCUT2D eigenvalue weighted by Crippen LogP contribution is 2.56. The molecule has 33 heavy (non-hydrogen) atoms. The molecule has 1 saturated carbocycles. The van der Waals surface area contributed by atoms with Crippen LogP contribution in [0.15, 0.2) is 66.7 Å². The van der Waals surface area contributed by atoms with Crippen LogP contribution < -0.4 is 5.46 Å². The lowest BCUT2D eigenvalue weighted by molar-refractivity contribution is 0.00578. The summed E-state index contributed by atoms with van der Waals surface area (Å²) in [7, 11) is -0.337. The van der Waals surface area contributed by atoms with Crippen LogP contribution in [0.4, 0.5) is 0 Å². The van der Waals surface area contributed by atoms with Crippen LogP contribution in [-0.4, -0.2) is 18.3 Å². The molecular formula is C30H33BO2. The van der Waals surface area contributed by atoms with E-state index in [-0.39, 0.29) is 23.7 Å². The molecule has 0 N–H and O–H groups in total. The fraction of sp³-hybridized carbons (Fsp3) is 0.400. The molecule has 2 nitrogen and oxygen atoms in total. The Morgan fingerprint density at radius 2 is 1.30 bits per heavy atom. The summed E-state index contributed by atoms with van der Waals surface area (Å²) in [6, 6.07) is 24.9. The Hall–Kier alpha value is -2.36. The van der Waals surface area contributed by atoms with E-state index in [1.54, 1.807) is 5.56 Å². The smallest absolute Gasteiger partial charge is 0.399 e. The van der Waals surface area contributed by atoms with Crippen LogP contribution in [0.25, 0.3) is 22.3 Å². The molecule has 3 aromatic rings. The van der Waals surface area contributed by atoms with E-state index in [4.69, 9.17) is 9.31 Å². The summed E-state index contributed by atoms with van der Waals surface area (Å²) in [6.45, 7) is 8.43. The fourth-order valence-corrected chi connectivity index (χ4v) is 6.18. The molecule has 2 aliphatic carbocycles. The third-order valence-corrected chi connectivity index (χ3v) is 8.72. The zero-order valence-electron chi connectivity index (χ0n) is 20.3. The molecule has 168 valence electrons. The Labute approximate surface area is 198 Å². The van der Waals surface area contributed by atoms with Crippen molar-refractivity contribution < 1.29 is 9.31 Å². The van der Waals surface area contributed by atoms with Crippen LogP contribution in [0.1, 0.15) is 70.9 Å². The van der Waals surface area contributed by atoms with E-state index in [0.717, 1.165) is 5.46 Å². The van der Waals surface area contributed by atoms with E-state index in [1.807, 2.05) is 0 Å². The maximum Gasteiger partial charge on any atom is 0.494 e. The predicted octanol–water partition coefficient (Wildman–Crippen LogP) is 6.88. The van der Waals surface area contributed by atoms with Crippen LogP contribution in [0.3, 0.4) is 0 Å². The van der Waals surface area contributed by atoms with E-state index in [9.17, 15) is 0 Å². The molecule has 6 rings (SSSR count). The lowest BCUT2D eigenvalue weighted by Gasteiger charge is -2.36. The number of hydrogen-bond donors (Lipinski definition) is 0. The number of fused-ring (bicyclic) bond motifs is 5. The molecular weight excluding hydrogens is 403 g/mol. The minimum Gasteiger partial charge on any atom is -0.399 e. The van der Waals surface area contributed by atoms with Crippen LogP contribution in [-0.2, 0) is 14.7 Å². The Bertz CT molecular complexity index is 1200. The van der Waals surface area contributed by atoms with Crippen LogP contribution in [0.5, 0.6) is 0 Å². The average Bonchev–Trinajstić information content (AvgIpc) is 3.21. The highest BCUT2D eigenvalue weighted by molar-refractivity contribution is 6.62. The maximum atomic E-state index is 6.31. The van der Waals surface area contributed by atoms with Crippen LogP contribution in [0.2, 0.25) is 0 Å². The normalized spacial score (nSPS) is 21.8. The summed E-state index contributed by atoms with van der Waals surface area (Å²) in [5.41, 5.74) is 9.03. The Morgan fingerprint density at radius 3 is 2.06 bits per heavy atom. The summed E-state index contributed by atoms with van der Waals surface area (Å²) in [5, 5.41) is 0.